The lowest BCUT2D eigenvalue weighted by molar-refractivity contribution is 0.314. The molecule has 4 heteroatoms. The average molecular weight is 285 g/mol. The fourth-order valence-corrected chi connectivity index (χ4v) is 2.27. The number of benzene rings is 1. The van der Waals surface area contributed by atoms with Crippen molar-refractivity contribution in [2.45, 2.75) is 19.6 Å². The van der Waals surface area contributed by atoms with Crippen molar-refractivity contribution in [3.05, 3.63) is 59.4 Å². The van der Waals surface area contributed by atoms with E-state index in [1.807, 2.05) is 25.2 Å². The molecule has 1 aromatic heterocycles. The number of nitrogens with one attached hydrogen (secondary N) is 1. The molecule has 4 nitrogen and oxygen atoms in total. The Kier molecular flexibility index (Phi) is 5.72. The highest BCUT2D eigenvalue weighted by molar-refractivity contribution is 5.27. The molecule has 0 amide bonds. The van der Waals surface area contributed by atoms with Crippen LogP contribution in [-0.2, 0) is 19.6 Å². The minimum atomic E-state index is 0.802. The molecule has 0 fully saturated rings. The Morgan fingerprint density at radius 1 is 1.05 bits per heavy atom. The highest BCUT2D eigenvalue weighted by Crippen LogP contribution is 2.13. The standard InChI is InChI=1S/C17H23N3O/c1-18-11-15-5-4-6-16(19-15)13-20(2)12-14-7-9-17(21-3)10-8-14/h4-10,18H,11-13H2,1-3H3. The Balaban J connectivity index is 1.94. The molecule has 1 N–H and O–H groups in total. The molecule has 0 spiro atoms. The number of methoxy groups -OCH3 is 1. The van der Waals surface area contributed by atoms with E-state index < -0.39 is 0 Å². The van der Waals surface area contributed by atoms with E-state index in [-0.39, 0.29) is 0 Å². The van der Waals surface area contributed by atoms with Gasteiger partial charge in [0.2, 0.25) is 0 Å². The summed E-state index contributed by atoms with van der Waals surface area (Å²) in [7, 11) is 5.73. The van der Waals surface area contributed by atoms with Crippen LogP contribution in [-0.4, -0.2) is 31.1 Å². The van der Waals surface area contributed by atoms with Gasteiger partial charge in [0.15, 0.2) is 0 Å². The Labute approximate surface area is 126 Å². The summed E-state index contributed by atoms with van der Waals surface area (Å²) < 4.78 is 5.18. The van der Waals surface area contributed by atoms with E-state index in [1.54, 1.807) is 7.11 Å². The summed E-state index contributed by atoms with van der Waals surface area (Å²) in [6, 6.07) is 14.4. The van der Waals surface area contributed by atoms with E-state index in [9.17, 15) is 0 Å². The zero-order chi connectivity index (χ0) is 15.1. The second-order valence-corrected chi connectivity index (χ2v) is 5.17. The first-order valence-corrected chi connectivity index (χ1v) is 7.12. The lowest BCUT2D eigenvalue weighted by atomic mass is 10.2. The van der Waals surface area contributed by atoms with E-state index in [0.29, 0.717) is 0 Å². The molecule has 2 aromatic rings. The molecule has 1 heterocycles. The van der Waals surface area contributed by atoms with Crippen LogP contribution >= 0.6 is 0 Å². The van der Waals surface area contributed by atoms with Crippen LogP contribution in [0.2, 0.25) is 0 Å². The fourth-order valence-electron chi connectivity index (χ4n) is 2.27. The maximum absolute atomic E-state index is 5.18. The van der Waals surface area contributed by atoms with Gasteiger partial charge in [0.25, 0.3) is 0 Å². The van der Waals surface area contributed by atoms with Crippen LogP contribution in [0.4, 0.5) is 0 Å². The number of hydrogen-bond donors (Lipinski definition) is 1. The summed E-state index contributed by atoms with van der Waals surface area (Å²) in [4.78, 5) is 6.90. The third kappa shape index (κ3) is 4.85. The van der Waals surface area contributed by atoms with Gasteiger partial charge in [-0.2, -0.15) is 0 Å². The van der Waals surface area contributed by atoms with E-state index >= 15 is 0 Å². The Morgan fingerprint density at radius 2 is 1.76 bits per heavy atom. The van der Waals surface area contributed by atoms with Crippen molar-refractivity contribution in [1.82, 2.24) is 15.2 Å². The van der Waals surface area contributed by atoms with Crippen LogP contribution in [0.3, 0.4) is 0 Å². The largest absolute Gasteiger partial charge is 0.497 e. The van der Waals surface area contributed by atoms with Gasteiger partial charge in [0, 0.05) is 19.6 Å². The highest BCUT2D eigenvalue weighted by Gasteiger charge is 2.04. The van der Waals surface area contributed by atoms with E-state index in [0.717, 1.165) is 36.8 Å². The third-order valence-electron chi connectivity index (χ3n) is 3.27. The summed E-state index contributed by atoms with van der Waals surface area (Å²) in [5, 5.41) is 3.13. The number of rotatable bonds is 7. The Morgan fingerprint density at radius 3 is 2.43 bits per heavy atom. The van der Waals surface area contributed by atoms with Crippen molar-refractivity contribution >= 4 is 0 Å². The van der Waals surface area contributed by atoms with E-state index in [1.165, 1.54) is 5.56 Å². The Bertz CT molecular complexity index is 554. The van der Waals surface area contributed by atoms with Gasteiger partial charge in [-0.15, -0.1) is 0 Å². The van der Waals surface area contributed by atoms with Crippen molar-refractivity contribution < 1.29 is 4.74 Å². The predicted octanol–water partition coefficient (Wildman–Crippen LogP) is 2.44. The van der Waals surface area contributed by atoms with Gasteiger partial charge in [-0.3, -0.25) is 9.88 Å². The summed E-state index contributed by atoms with van der Waals surface area (Å²) >= 11 is 0. The molecule has 0 aliphatic carbocycles. The second kappa shape index (κ2) is 7.76. The first-order valence-electron chi connectivity index (χ1n) is 7.12. The van der Waals surface area contributed by atoms with Gasteiger partial charge in [-0.25, -0.2) is 0 Å². The molecule has 2 rings (SSSR count). The number of hydrogen-bond acceptors (Lipinski definition) is 4. The minimum Gasteiger partial charge on any atom is -0.497 e. The maximum Gasteiger partial charge on any atom is 0.118 e. The molecule has 112 valence electrons. The second-order valence-electron chi connectivity index (χ2n) is 5.17. The van der Waals surface area contributed by atoms with Crippen molar-refractivity contribution in [2.24, 2.45) is 0 Å². The van der Waals surface area contributed by atoms with Crippen LogP contribution in [0, 0.1) is 0 Å². The predicted molar refractivity (Wildman–Crippen MR) is 85.2 cm³/mol. The van der Waals surface area contributed by atoms with Crippen molar-refractivity contribution in [3.63, 3.8) is 0 Å². The third-order valence-corrected chi connectivity index (χ3v) is 3.27. The maximum atomic E-state index is 5.18. The van der Waals surface area contributed by atoms with Crippen LogP contribution in [0.5, 0.6) is 5.75 Å². The van der Waals surface area contributed by atoms with Crippen LogP contribution in [0.15, 0.2) is 42.5 Å². The summed E-state index contributed by atoms with van der Waals surface area (Å²) in [5.74, 6) is 0.892. The topological polar surface area (TPSA) is 37.4 Å². The molecule has 0 aliphatic rings. The summed E-state index contributed by atoms with van der Waals surface area (Å²) in [6.45, 7) is 2.53. The molecule has 0 atom stereocenters. The van der Waals surface area contributed by atoms with Gasteiger partial charge < -0.3 is 10.1 Å². The van der Waals surface area contributed by atoms with Crippen molar-refractivity contribution in [2.75, 3.05) is 21.2 Å². The van der Waals surface area contributed by atoms with Crippen LogP contribution < -0.4 is 10.1 Å². The van der Waals surface area contributed by atoms with Crippen molar-refractivity contribution in [1.29, 1.82) is 0 Å². The zero-order valence-electron chi connectivity index (χ0n) is 13.0. The molecule has 0 saturated carbocycles. The molecule has 0 radical (unpaired) electrons. The quantitative estimate of drug-likeness (QED) is 0.848. The lowest BCUT2D eigenvalue weighted by Gasteiger charge is -2.17. The molecule has 21 heavy (non-hydrogen) atoms. The van der Waals surface area contributed by atoms with E-state index in [4.69, 9.17) is 4.74 Å². The van der Waals surface area contributed by atoms with Gasteiger partial charge in [-0.1, -0.05) is 18.2 Å². The van der Waals surface area contributed by atoms with Gasteiger partial charge in [0.1, 0.15) is 5.75 Å². The minimum absolute atomic E-state index is 0.802. The molecule has 1 aromatic carbocycles. The van der Waals surface area contributed by atoms with Crippen LogP contribution in [0.25, 0.3) is 0 Å². The van der Waals surface area contributed by atoms with Crippen molar-refractivity contribution in [3.8, 4) is 5.75 Å². The highest BCUT2D eigenvalue weighted by atomic mass is 16.5. The normalized spacial score (nSPS) is 10.9. The first-order chi connectivity index (χ1) is 10.2. The smallest absolute Gasteiger partial charge is 0.118 e. The first kappa shape index (κ1) is 15.5. The zero-order valence-corrected chi connectivity index (χ0v) is 13.0. The molecular formula is C17H23N3O. The monoisotopic (exact) mass is 285 g/mol. The molecule has 0 aliphatic heterocycles. The summed E-state index contributed by atoms with van der Waals surface area (Å²) in [6.07, 6.45) is 0. The molecule has 0 bridgehead atoms. The number of pyridine rings is 1. The van der Waals surface area contributed by atoms with Gasteiger partial charge in [-0.05, 0) is 43.9 Å². The summed E-state index contributed by atoms with van der Waals surface area (Å²) in [5.41, 5.74) is 3.44. The number of aromatic nitrogens is 1. The number of ether oxygens (including phenoxy) is 1. The fraction of sp³-hybridized carbons (Fsp3) is 0.353. The van der Waals surface area contributed by atoms with Gasteiger partial charge >= 0.3 is 0 Å². The average Bonchev–Trinajstić information content (AvgIpc) is 2.48. The molecule has 0 unspecified atom stereocenters. The molecule has 0 saturated heterocycles. The van der Waals surface area contributed by atoms with Gasteiger partial charge in [0.05, 0.1) is 18.5 Å². The van der Waals surface area contributed by atoms with Crippen LogP contribution in [0.1, 0.15) is 17.0 Å². The SMILES string of the molecule is CNCc1cccc(CN(C)Cc2ccc(OC)cc2)n1. The Hall–Kier alpha value is -1.91. The lowest BCUT2D eigenvalue weighted by Crippen LogP contribution is -2.18. The number of nitrogens with zero attached hydrogens (tertiary/aromatic N) is 2. The molecular weight excluding hydrogens is 262 g/mol. The van der Waals surface area contributed by atoms with E-state index in [2.05, 4.69) is 46.5 Å².